The van der Waals surface area contributed by atoms with Crippen molar-refractivity contribution in [3.05, 3.63) is 0 Å². The molecular weight excluding hydrogens is 174 g/mol. The fraction of sp³-hybridized carbons (Fsp3) is 1.00. The molecule has 0 aromatic carbocycles. The van der Waals surface area contributed by atoms with Crippen LogP contribution in [-0.4, -0.2) is 61.7 Å². The van der Waals surface area contributed by atoms with Crippen molar-refractivity contribution in [3.8, 4) is 0 Å². The van der Waals surface area contributed by atoms with Crippen molar-refractivity contribution >= 4 is 0 Å². The topological polar surface area (TPSA) is 18.5 Å². The summed E-state index contributed by atoms with van der Waals surface area (Å²) < 4.78 is 0. The number of hydrogen-bond donors (Lipinski definition) is 1. The fourth-order valence-corrected chi connectivity index (χ4v) is 2.73. The number of likely N-dealkylation sites (tertiary alicyclic amines) is 1. The molecule has 2 fully saturated rings. The molecule has 0 radical (unpaired) electrons. The zero-order valence-corrected chi connectivity index (χ0v) is 9.50. The predicted molar refractivity (Wildman–Crippen MR) is 59.6 cm³/mol. The van der Waals surface area contributed by atoms with Gasteiger partial charge in [-0.15, -0.1) is 0 Å². The summed E-state index contributed by atoms with van der Waals surface area (Å²) >= 11 is 0. The highest BCUT2D eigenvalue weighted by Gasteiger charge is 2.30. The van der Waals surface area contributed by atoms with Gasteiger partial charge in [0.2, 0.25) is 0 Å². The zero-order chi connectivity index (χ0) is 9.97. The Labute approximate surface area is 87.4 Å². The van der Waals surface area contributed by atoms with Crippen LogP contribution in [0.4, 0.5) is 0 Å². The van der Waals surface area contributed by atoms with Crippen molar-refractivity contribution in [2.24, 2.45) is 0 Å². The third-order valence-corrected chi connectivity index (χ3v) is 3.66. The molecule has 0 bridgehead atoms. The van der Waals surface area contributed by atoms with E-state index < -0.39 is 0 Å². The third kappa shape index (κ3) is 2.10. The minimum absolute atomic E-state index is 0.811. The standard InChI is InChI=1S/C11H23N3/c1-3-14(11-7-12-8-11)10-5-4-6-13(2)9-10/h10-12H,3-9H2,1-2H3. The van der Waals surface area contributed by atoms with E-state index in [2.05, 4.69) is 29.1 Å². The van der Waals surface area contributed by atoms with Crippen LogP contribution in [-0.2, 0) is 0 Å². The van der Waals surface area contributed by atoms with Crippen molar-refractivity contribution in [1.82, 2.24) is 15.1 Å². The van der Waals surface area contributed by atoms with Gasteiger partial charge in [-0.2, -0.15) is 0 Å². The van der Waals surface area contributed by atoms with Gasteiger partial charge in [-0.1, -0.05) is 6.92 Å². The Kier molecular flexibility index (Phi) is 3.42. The first-order valence-corrected chi connectivity index (χ1v) is 5.96. The summed E-state index contributed by atoms with van der Waals surface area (Å²) in [6.07, 6.45) is 2.77. The van der Waals surface area contributed by atoms with E-state index in [0.717, 1.165) is 12.1 Å². The molecule has 3 heteroatoms. The number of hydrogen-bond acceptors (Lipinski definition) is 3. The van der Waals surface area contributed by atoms with Crippen molar-refractivity contribution in [1.29, 1.82) is 0 Å². The summed E-state index contributed by atoms with van der Waals surface area (Å²) in [7, 11) is 2.25. The monoisotopic (exact) mass is 197 g/mol. The first-order valence-electron chi connectivity index (χ1n) is 5.96. The second-order valence-electron chi connectivity index (χ2n) is 4.70. The lowest BCUT2D eigenvalue weighted by Gasteiger charge is -2.45. The van der Waals surface area contributed by atoms with E-state index in [1.54, 1.807) is 0 Å². The lowest BCUT2D eigenvalue weighted by atomic mass is 10.0. The average Bonchev–Trinajstić information content (AvgIpc) is 2.10. The Bertz CT molecular complexity index is 179. The SMILES string of the molecule is CCN(C1CNC1)C1CCCN(C)C1. The molecule has 82 valence electrons. The smallest absolute Gasteiger partial charge is 0.0348 e. The van der Waals surface area contributed by atoms with E-state index in [1.165, 1.54) is 45.6 Å². The molecule has 0 aromatic heterocycles. The summed E-state index contributed by atoms with van der Waals surface area (Å²) in [5.74, 6) is 0. The molecule has 2 aliphatic heterocycles. The number of nitrogens with one attached hydrogen (secondary N) is 1. The van der Waals surface area contributed by atoms with E-state index in [-0.39, 0.29) is 0 Å². The van der Waals surface area contributed by atoms with Gasteiger partial charge in [0.1, 0.15) is 0 Å². The van der Waals surface area contributed by atoms with Gasteiger partial charge in [0.25, 0.3) is 0 Å². The van der Waals surface area contributed by atoms with Crippen LogP contribution >= 0.6 is 0 Å². The lowest BCUT2D eigenvalue weighted by molar-refractivity contribution is 0.0562. The van der Waals surface area contributed by atoms with Crippen LogP contribution in [0, 0.1) is 0 Å². The number of rotatable bonds is 3. The normalized spacial score (nSPS) is 30.6. The summed E-state index contributed by atoms with van der Waals surface area (Å²) in [5, 5.41) is 3.37. The quantitative estimate of drug-likeness (QED) is 0.705. The Morgan fingerprint density at radius 1 is 1.36 bits per heavy atom. The lowest BCUT2D eigenvalue weighted by Crippen LogP contribution is -2.62. The van der Waals surface area contributed by atoms with E-state index in [1.807, 2.05) is 0 Å². The third-order valence-electron chi connectivity index (χ3n) is 3.66. The van der Waals surface area contributed by atoms with Gasteiger partial charge in [-0.05, 0) is 33.0 Å². The van der Waals surface area contributed by atoms with Crippen LogP contribution in [0.15, 0.2) is 0 Å². The van der Waals surface area contributed by atoms with Gasteiger partial charge in [0.05, 0.1) is 0 Å². The first-order chi connectivity index (χ1) is 6.81. The highest BCUT2D eigenvalue weighted by molar-refractivity contribution is 4.90. The van der Waals surface area contributed by atoms with Crippen LogP contribution in [0.3, 0.4) is 0 Å². The molecule has 0 saturated carbocycles. The molecule has 1 atom stereocenters. The second-order valence-corrected chi connectivity index (χ2v) is 4.70. The van der Waals surface area contributed by atoms with Crippen molar-refractivity contribution in [2.75, 3.05) is 39.8 Å². The molecule has 2 heterocycles. The number of likely N-dealkylation sites (N-methyl/N-ethyl adjacent to an activating group) is 2. The maximum Gasteiger partial charge on any atom is 0.0348 e. The summed E-state index contributed by atoms with van der Waals surface area (Å²) in [6.45, 7) is 8.47. The molecule has 2 aliphatic rings. The van der Waals surface area contributed by atoms with E-state index in [4.69, 9.17) is 0 Å². The Balaban J connectivity index is 1.89. The van der Waals surface area contributed by atoms with E-state index in [9.17, 15) is 0 Å². The number of nitrogens with zero attached hydrogens (tertiary/aromatic N) is 2. The minimum atomic E-state index is 0.811. The molecule has 0 aliphatic carbocycles. The van der Waals surface area contributed by atoms with Crippen LogP contribution in [0.25, 0.3) is 0 Å². The number of piperidine rings is 1. The van der Waals surface area contributed by atoms with Gasteiger partial charge < -0.3 is 10.2 Å². The molecule has 2 rings (SSSR count). The van der Waals surface area contributed by atoms with Gasteiger partial charge in [0.15, 0.2) is 0 Å². The summed E-state index contributed by atoms with van der Waals surface area (Å²) in [5.41, 5.74) is 0. The van der Waals surface area contributed by atoms with Crippen molar-refractivity contribution in [2.45, 2.75) is 31.8 Å². The Morgan fingerprint density at radius 3 is 2.64 bits per heavy atom. The molecule has 0 spiro atoms. The highest BCUT2D eigenvalue weighted by Crippen LogP contribution is 2.18. The summed E-state index contributed by atoms with van der Waals surface area (Å²) in [6, 6.07) is 1.63. The van der Waals surface area contributed by atoms with Gasteiger partial charge in [0, 0.05) is 31.7 Å². The molecule has 0 aromatic rings. The maximum atomic E-state index is 3.37. The Hall–Kier alpha value is -0.120. The van der Waals surface area contributed by atoms with Crippen LogP contribution in [0.1, 0.15) is 19.8 Å². The molecule has 2 saturated heterocycles. The molecule has 0 amide bonds. The van der Waals surface area contributed by atoms with Crippen LogP contribution in [0.2, 0.25) is 0 Å². The summed E-state index contributed by atoms with van der Waals surface area (Å²) in [4.78, 5) is 5.18. The van der Waals surface area contributed by atoms with Crippen LogP contribution in [0.5, 0.6) is 0 Å². The first kappa shape index (κ1) is 10.4. The second kappa shape index (κ2) is 4.60. The van der Waals surface area contributed by atoms with Crippen molar-refractivity contribution < 1.29 is 0 Å². The minimum Gasteiger partial charge on any atom is -0.314 e. The average molecular weight is 197 g/mol. The Morgan fingerprint density at radius 2 is 2.14 bits per heavy atom. The largest absolute Gasteiger partial charge is 0.314 e. The molecule has 1 unspecified atom stereocenters. The maximum absolute atomic E-state index is 3.37. The van der Waals surface area contributed by atoms with Gasteiger partial charge in [-0.3, -0.25) is 4.90 Å². The van der Waals surface area contributed by atoms with Gasteiger partial charge in [-0.25, -0.2) is 0 Å². The van der Waals surface area contributed by atoms with Crippen molar-refractivity contribution in [3.63, 3.8) is 0 Å². The van der Waals surface area contributed by atoms with E-state index in [0.29, 0.717) is 0 Å². The highest BCUT2D eigenvalue weighted by atomic mass is 15.3. The van der Waals surface area contributed by atoms with Gasteiger partial charge >= 0.3 is 0 Å². The van der Waals surface area contributed by atoms with Crippen LogP contribution < -0.4 is 5.32 Å². The predicted octanol–water partition coefficient (Wildman–Crippen LogP) is 0.374. The zero-order valence-electron chi connectivity index (χ0n) is 9.50. The van der Waals surface area contributed by atoms with E-state index >= 15 is 0 Å². The molecule has 1 N–H and O–H groups in total. The molecule has 3 nitrogen and oxygen atoms in total. The molecule has 14 heavy (non-hydrogen) atoms. The fourth-order valence-electron chi connectivity index (χ4n) is 2.73. The molecular formula is C11H23N3.